The zero-order chi connectivity index (χ0) is 27.6. The zero-order valence-electron chi connectivity index (χ0n) is 23.1. The van der Waals surface area contributed by atoms with Crippen LogP contribution in [0.3, 0.4) is 0 Å². The lowest BCUT2D eigenvalue weighted by molar-refractivity contribution is 0.0428. The maximum absolute atomic E-state index is 12.8. The summed E-state index contributed by atoms with van der Waals surface area (Å²) >= 11 is 1.41. The smallest absolute Gasteiger partial charge is 0.408 e. The first-order valence-corrected chi connectivity index (χ1v) is 14.5. The number of aromatic nitrogens is 2. The van der Waals surface area contributed by atoms with Crippen LogP contribution in [0.5, 0.6) is 0 Å². The number of anilines is 1. The van der Waals surface area contributed by atoms with Crippen LogP contribution in [-0.2, 0) is 11.2 Å². The molecule has 204 valence electrons. The number of nitrogens with one attached hydrogen (secondary N) is 1. The Bertz CT molecular complexity index is 1330. The molecule has 1 aromatic heterocycles. The third kappa shape index (κ3) is 6.27. The molecule has 0 saturated carbocycles. The van der Waals surface area contributed by atoms with Gasteiger partial charge in [0.1, 0.15) is 16.4 Å². The molecule has 5 rings (SSSR count). The summed E-state index contributed by atoms with van der Waals surface area (Å²) in [5.41, 5.74) is 3.74. The van der Waals surface area contributed by atoms with Gasteiger partial charge in [0.25, 0.3) is 0 Å². The van der Waals surface area contributed by atoms with Crippen LogP contribution in [0.4, 0.5) is 10.6 Å². The maximum Gasteiger partial charge on any atom is 0.408 e. The third-order valence-electron chi connectivity index (χ3n) is 7.60. The Morgan fingerprint density at radius 2 is 1.77 bits per heavy atom. The van der Waals surface area contributed by atoms with Crippen LogP contribution >= 0.6 is 11.8 Å². The molecule has 2 aromatic carbocycles. The number of hydrogen-bond acceptors (Lipinski definition) is 7. The largest absolute Gasteiger partial charge is 0.444 e. The van der Waals surface area contributed by atoms with E-state index >= 15 is 0 Å². The van der Waals surface area contributed by atoms with E-state index in [1.165, 1.54) is 22.9 Å². The van der Waals surface area contributed by atoms with Crippen LogP contribution < -0.4 is 10.2 Å². The van der Waals surface area contributed by atoms with Crippen LogP contribution in [0.25, 0.3) is 0 Å². The molecule has 1 spiro atoms. The monoisotopic (exact) mass is 544 g/mol. The predicted molar refractivity (Wildman–Crippen MR) is 154 cm³/mol. The van der Waals surface area contributed by atoms with Gasteiger partial charge in [-0.15, -0.1) is 0 Å². The molecule has 1 aliphatic carbocycles. The number of alkyl carbamates (subject to hydrolysis) is 1. The SMILES string of the molecule is Cc1ccc(C(=O)CSc2cnc(N3CCC4(CC3)Cc3ccccc3[C@H]4NC(=O)OC(C)(C)C)cn2)cc1. The number of carbonyl (C=O) groups excluding carboxylic acids is 2. The average Bonchev–Trinajstić information content (AvgIpc) is 3.19. The number of carbonyl (C=O) groups is 2. The number of Topliss-reactive ketones (excluding diaryl/α,β-unsaturated/α-hetero) is 1. The lowest BCUT2D eigenvalue weighted by Crippen LogP contribution is -2.47. The molecule has 3 aromatic rings. The number of ether oxygens (including phenoxy) is 1. The van der Waals surface area contributed by atoms with Crippen molar-refractivity contribution in [2.45, 2.75) is 63.6 Å². The Balaban J connectivity index is 1.21. The number of piperidine rings is 1. The fourth-order valence-corrected chi connectivity index (χ4v) is 6.30. The summed E-state index contributed by atoms with van der Waals surface area (Å²) in [4.78, 5) is 36.8. The molecule has 2 heterocycles. The standard InChI is InChI=1S/C31H36N4O3S/c1-21-9-11-22(12-10-21)25(36)20-39-27-19-32-26(18-33-27)35-15-13-31(14-16-35)17-23-7-5-6-8-24(23)28(31)34-29(37)38-30(2,3)4/h5-12,18-19,28H,13-17,20H2,1-4H3,(H,34,37)/t28-/m1/s1. The summed E-state index contributed by atoms with van der Waals surface area (Å²) in [5, 5.41) is 3.95. The van der Waals surface area contributed by atoms with Gasteiger partial charge in [-0.3, -0.25) is 4.79 Å². The Hall–Kier alpha value is -3.39. The van der Waals surface area contributed by atoms with Gasteiger partial charge in [0, 0.05) is 24.1 Å². The van der Waals surface area contributed by atoms with Crippen molar-refractivity contribution in [3.63, 3.8) is 0 Å². The minimum atomic E-state index is -0.546. The Morgan fingerprint density at radius 1 is 1.05 bits per heavy atom. The number of thioether (sulfide) groups is 1. The van der Waals surface area contributed by atoms with E-state index in [1.807, 2.05) is 58.0 Å². The Kier molecular flexibility index (Phi) is 7.67. The normalized spacial score (nSPS) is 18.1. The van der Waals surface area contributed by atoms with Crippen molar-refractivity contribution in [2.24, 2.45) is 5.41 Å². The van der Waals surface area contributed by atoms with Gasteiger partial charge >= 0.3 is 6.09 Å². The van der Waals surface area contributed by atoms with Crippen molar-refractivity contribution in [2.75, 3.05) is 23.7 Å². The van der Waals surface area contributed by atoms with Gasteiger partial charge in [0.2, 0.25) is 0 Å². The third-order valence-corrected chi connectivity index (χ3v) is 8.52. The molecule has 1 N–H and O–H groups in total. The number of benzene rings is 2. The second-order valence-electron chi connectivity index (χ2n) is 11.6. The molecule has 0 radical (unpaired) electrons. The first kappa shape index (κ1) is 27.2. The summed E-state index contributed by atoms with van der Waals surface area (Å²) in [5.74, 6) is 1.25. The molecule has 1 atom stereocenters. The lowest BCUT2D eigenvalue weighted by atomic mass is 9.72. The highest BCUT2D eigenvalue weighted by atomic mass is 32.2. The highest BCUT2D eigenvalue weighted by Crippen LogP contribution is 2.52. The molecule has 1 amide bonds. The van der Waals surface area contributed by atoms with E-state index in [2.05, 4.69) is 38.4 Å². The fourth-order valence-electron chi connectivity index (χ4n) is 5.60. The number of fused-ring (bicyclic) bond motifs is 1. The van der Waals surface area contributed by atoms with Crippen LogP contribution in [-0.4, -0.2) is 46.3 Å². The van der Waals surface area contributed by atoms with Crippen molar-refractivity contribution in [1.82, 2.24) is 15.3 Å². The van der Waals surface area contributed by atoms with Gasteiger partial charge in [-0.05, 0) is 58.1 Å². The van der Waals surface area contributed by atoms with Crippen molar-refractivity contribution in [3.05, 3.63) is 83.2 Å². The van der Waals surface area contributed by atoms with E-state index in [4.69, 9.17) is 4.74 Å². The molecule has 7 nitrogen and oxygen atoms in total. The molecule has 0 unspecified atom stereocenters. The number of ketones is 1. The summed E-state index contributed by atoms with van der Waals surface area (Å²) in [6.45, 7) is 9.32. The van der Waals surface area contributed by atoms with Gasteiger partial charge < -0.3 is 15.0 Å². The highest BCUT2D eigenvalue weighted by Gasteiger charge is 2.48. The number of aryl methyl sites for hydroxylation is 1. The lowest BCUT2D eigenvalue weighted by Gasteiger charge is -2.43. The zero-order valence-corrected chi connectivity index (χ0v) is 23.9. The Labute approximate surface area is 234 Å². The van der Waals surface area contributed by atoms with Crippen molar-refractivity contribution >= 4 is 29.5 Å². The molecule has 1 aliphatic heterocycles. The predicted octanol–water partition coefficient (Wildman–Crippen LogP) is 6.17. The van der Waals surface area contributed by atoms with Crippen LogP contribution in [0.1, 0.15) is 66.7 Å². The van der Waals surface area contributed by atoms with Crippen molar-refractivity contribution in [3.8, 4) is 0 Å². The van der Waals surface area contributed by atoms with E-state index in [9.17, 15) is 9.59 Å². The number of amides is 1. The van der Waals surface area contributed by atoms with Gasteiger partial charge in [-0.2, -0.15) is 0 Å². The van der Waals surface area contributed by atoms with Gasteiger partial charge in [0.05, 0.1) is 24.2 Å². The molecule has 0 bridgehead atoms. The topological polar surface area (TPSA) is 84.4 Å². The van der Waals surface area contributed by atoms with Crippen LogP contribution in [0.2, 0.25) is 0 Å². The van der Waals surface area contributed by atoms with E-state index in [0.29, 0.717) is 11.3 Å². The minimum absolute atomic E-state index is 0.0589. The van der Waals surface area contributed by atoms with E-state index in [1.54, 1.807) is 12.4 Å². The van der Waals surface area contributed by atoms with Crippen LogP contribution in [0, 0.1) is 12.3 Å². The number of rotatable bonds is 6. The summed E-state index contributed by atoms with van der Waals surface area (Å²) in [7, 11) is 0. The van der Waals surface area contributed by atoms with Crippen molar-refractivity contribution in [1.29, 1.82) is 0 Å². The fraction of sp³-hybridized carbons (Fsp3) is 0.419. The minimum Gasteiger partial charge on any atom is -0.444 e. The summed E-state index contributed by atoms with van der Waals surface area (Å²) < 4.78 is 5.61. The number of nitrogens with zero attached hydrogens (tertiary/aromatic N) is 3. The van der Waals surface area contributed by atoms with E-state index < -0.39 is 5.60 Å². The number of hydrogen-bond donors (Lipinski definition) is 1. The quantitative estimate of drug-likeness (QED) is 0.293. The molecule has 1 saturated heterocycles. The first-order chi connectivity index (χ1) is 18.6. The summed E-state index contributed by atoms with van der Waals surface area (Å²) in [6, 6.07) is 16.0. The first-order valence-electron chi connectivity index (χ1n) is 13.5. The molecule has 2 aliphatic rings. The molecular weight excluding hydrogens is 508 g/mol. The molecule has 8 heteroatoms. The average molecular weight is 545 g/mol. The second-order valence-corrected chi connectivity index (χ2v) is 12.6. The van der Waals surface area contributed by atoms with Crippen LogP contribution in [0.15, 0.2) is 66.0 Å². The molecule has 1 fully saturated rings. The van der Waals surface area contributed by atoms with Gasteiger partial charge in [0.15, 0.2) is 5.78 Å². The van der Waals surface area contributed by atoms with Crippen molar-refractivity contribution < 1.29 is 14.3 Å². The van der Waals surface area contributed by atoms with E-state index in [-0.39, 0.29) is 23.3 Å². The molecular formula is C31H36N4O3S. The second kappa shape index (κ2) is 11.0. The highest BCUT2D eigenvalue weighted by molar-refractivity contribution is 7.99. The van der Waals surface area contributed by atoms with Gasteiger partial charge in [-0.25, -0.2) is 14.8 Å². The Morgan fingerprint density at radius 3 is 2.44 bits per heavy atom. The summed E-state index contributed by atoms with van der Waals surface area (Å²) in [6.07, 6.45) is 5.97. The maximum atomic E-state index is 12.8. The van der Waals surface area contributed by atoms with Gasteiger partial charge in [-0.1, -0.05) is 65.9 Å². The van der Waals surface area contributed by atoms with E-state index in [0.717, 1.165) is 48.8 Å². The molecule has 39 heavy (non-hydrogen) atoms.